The van der Waals surface area contributed by atoms with Gasteiger partial charge in [0.15, 0.2) is 5.78 Å². The van der Waals surface area contributed by atoms with E-state index in [4.69, 9.17) is 9.15 Å². The van der Waals surface area contributed by atoms with Crippen molar-refractivity contribution in [2.24, 2.45) is 0 Å². The van der Waals surface area contributed by atoms with Crippen molar-refractivity contribution in [3.8, 4) is 0 Å². The van der Waals surface area contributed by atoms with Gasteiger partial charge in [0.05, 0.1) is 12.7 Å². The summed E-state index contributed by atoms with van der Waals surface area (Å²) in [5.41, 5.74) is 6.29. The van der Waals surface area contributed by atoms with E-state index in [9.17, 15) is 4.79 Å². The van der Waals surface area contributed by atoms with Gasteiger partial charge in [0.2, 0.25) is 0 Å². The second-order valence-electron chi connectivity index (χ2n) is 9.39. The Morgan fingerprint density at radius 3 is 2.11 bits per heavy atom. The van der Waals surface area contributed by atoms with Gasteiger partial charge in [-0.3, -0.25) is 4.79 Å². The number of carbonyl (C=O) groups excluding carboxylic acids is 1. The molecule has 0 aliphatic heterocycles. The largest absolute Gasteiger partial charge is 0.501 e. The summed E-state index contributed by atoms with van der Waals surface area (Å²) in [6.07, 6.45) is 0. The summed E-state index contributed by atoms with van der Waals surface area (Å²) < 4.78 is 11.6. The summed E-state index contributed by atoms with van der Waals surface area (Å²) in [5, 5.41) is 4.35. The molecule has 0 saturated heterocycles. The highest BCUT2D eigenvalue weighted by Crippen LogP contribution is 2.39. The number of allylic oxidation sites excluding steroid dienone is 2. The maximum atomic E-state index is 12.3. The number of carbonyl (C=O) groups is 1. The highest BCUT2D eigenvalue weighted by Gasteiger charge is 2.17. The van der Waals surface area contributed by atoms with Gasteiger partial charge in [-0.05, 0) is 78.7 Å². The number of methoxy groups -OCH3 is 1. The van der Waals surface area contributed by atoms with Crippen LogP contribution in [-0.4, -0.2) is 12.9 Å². The molecule has 0 unspecified atom stereocenters. The second-order valence-corrected chi connectivity index (χ2v) is 9.39. The third-order valence-electron chi connectivity index (χ3n) is 7.02. The summed E-state index contributed by atoms with van der Waals surface area (Å²) in [6, 6.07) is 37.3. The molecule has 0 amide bonds. The van der Waals surface area contributed by atoms with Gasteiger partial charge in [0.25, 0.3) is 0 Å². The molecule has 38 heavy (non-hydrogen) atoms. The Kier molecular flexibility index (Phi) is 5.93. The zero-order valence-electron chi connectivity index (χ0n) is 21.6. The van der Waals surface area contributed by atoms with Crippen LogP contribution in [0.2, 0.25) is 0 Å². The van der Waals surface area contributed by atoms with Crippen LogP contribution in [-0.2, 0) is 9.53 Å². The molecule has 1 heterocycles. The number of para-hydroxylation sites is 2. The van der Waals surface area contributed by atoms with Gasteiger partial charge in [0.1, 0.15) is 16.9 Å². The smallest absolute Gasteiger partial charge is 0.163 e. The molecular formula is C34H27NO3. The molecule has 0 aliphatic carbocycles. The number of hydrogen-bond donors (Lipinski definition) is 0. The number of Topliss-reactive ketones (excluding diaryl/α,β-unsaturated/α-hetero) is 1. The fourth-order valence-corrected chi connectivity index (χ4v) is 5.16. The lowest BCUT2D eigenvalue weighted by Gasteiger charge is -2.25. The zero-order chi connectivity index (χ0) is 26.2. The number of furan rings is 1. The highest BCUT2D eigenvalue weighted by atomic mass is 16.5. The molecule has 6 rings (SSSR count). The molecule has 0 aliphatic rings. The highest BCUT2D eigenvalue weighted by molar-refractivity contribution is 6.20. The normalized spacial score (nSPS) is 12.1. The Hall–Kier alpha value is -4.83. The quantitative estimate of drug-likeness (QED) is 0.170. The molecule has 0 fully saturated rings. The van der Waals surface area contributed by atoms with Gasteiger partial charge < -0.3 is 14.1 Å². The molecule has 1 aromatic heterocycles. The van der Waals surface area contributed by atoms with E-state index >= 15 is 0 Å². The summed E-state index contributed by atoms with van der Waals surface area (Å²) >= 11 is 0. The maximum Gasteiger partial charge on any atom is 0.163 e. The number of benzene rings is 5. The lowest BCUT2D eigenvalue weighted by Crippen LogP contribution is -2.09. The third-order valence-corrected chi connectivity index (χ3v) is 7.02. The van der Waals surface area contributed by atoms with E-state index in [2.05, 4.69) is 65.6 Å². The minimum absolute atomic E-state index is 0.0171. The fraction of sp³-hybridized carbons (Fsp3) is 0.0882. The predicted octanol–water partition coefficient (Wildman–Crippen LogP) is 9.18. The van der Waals surface area contributed by atoms with Gasteiger partial charge in [-0.2, -0.15) is 0 Å². The van der Waals surface area contributed by atoms with Gasteiger partial charge in [0, 0.05) is 33.9 Å². The zero-order valence-corrected chi connectivity index (χ0v) is 21.6. The van der Waals surface area contributed by atoms with Crippen molar-refractivity contribution in [3.05, 3.63) is 121 Å². The summed E-state index contributed by atoms with van der Waals surface area (Å²) in [6.45, 7) is 3.39. The van der Waals surface area contributed by atoms with Crippen LogP contribution in [0.5, 0.6) is 0 Å². The minimum Gasteiger partial charge on any atom is -0.501 e. The summed E-state index contributed by atoms with van der Waals surface area (Å²) in [5.74, 6) is 0.598. The molecule has 4 heteroatoms. The fourth-order valence-electron chi connectivity index (χ4n) is 5.16. The molecule has 0 saturated carbocycles. The molecule has 186 valence electrons. The Morgan fingerprint density at radius 1 is 0.658 bits per heavy atom. The van der Waals surface area contributed by atoms with Crippen molar-refractivity contribution in [1.29, 1.82) is 0 Å². The molecule has 0 atom stereocenters. The third kappa shape index (κ3) is 4.10. The van der Waals surface area contributed by atoms with Crippen molar-refractivity contribution >= 4 is 61.1 Å². The van der Waals surface area contributed by atoms with Crippen molar-refractivity contribution in [3.63, 3.8) is 0 Å². The number of anilines is 3. The molecule has 0 spiro atoms. The van der Waals surface area contributed by atoms with Crippen molar-refractivity contribution < 1.29 is 13.9 Å². The van der Waals surface area contributed by atoms with Gasteiger partial charge in [-0.25, -0.2) is 0 Å². The SMILES string of the molecule is CO/C(C)=C(\C(C)=O)c1ccc2cc(N(c3ccccc3)c3ccc4c(c3)oc3ccccc34)ccc2c1. The van der Waals surface area contributed by atoms with Crippen molar-refractivity contribution in [1.82, 2.24) is 0 Å². The van der Waals surface area contributed by atoms with E-state index in [0.29, 0.717) is 11.3 Å². The molecular weight excluding hydrogens is 470 g/mol. The van der Waals surface area contributed by atoms with Crippen LogP contribution < -0.4 is 4.90 Å². The molecule has 4 nitrogen and oxygen atoms in total. The van der Waals surface area contributed by atoms with Gasteiger partial charge in [-0.1, -0.05) is 54.6 Å². The van der Waals surface area contributed by atoms with Crippen LogP contribution in [0.25, 0.3) is 38.3 Å². The van der Waals surface area contributed by atoms with Crippen LogP contribution in [0, 0.1) is 0 Å². The average molecular weight is 498 g/mol. The average Bonchev–Trinajstić information content (AvgIpc) is 3.31. The van der Waals surface area contributed by atoms with E-state index in [1.165, 1.54) is 0 Å². The second kappa shape index (κ2) is 9.56. The molecule has 0 bridgehead atoms. The standard InChI is InChI=1S/C34H27NO3/c1-22(36)34(23(2)37-3)26-14-13-25-20-28(16-15-24(25)19-26)35(27-9-5-4-6-10-27)29-17-18-31-30-11-7-8-12-32(30)38-33(31)21-29/h4-21H,1-3H3/b34-23+. The minimum atomic E-state index is -0.0171. The number of fused-ring (bicyclic) bond motifs is 4. The van der Waals surface area contributed by atoms with E-state index in [0.717, 1.165) is 55.3 Å². The first-order chi connectivity index (χ1) is 18.5. The number of ether oxygens (including phenoxy) is 1. The Bertz CT molecular complexity index is 1850. The number of ketones is 1. The number of rotatable bonds is 6. The molecule has 6 aromatic rings. The first-order valence-corrected chi connectivity index (χ1v) is 12.6. The van der Waals surface area contributed by atoms with Gasteiger partial charge >= 0.3 is 0 Å². The van der Waals surface area contributed by atoms with Crippen LogP contribution in [0.15, 0.2) is 119 Å². The van der Waals surface area contributed by atoms with Crippen LogP contribution >= 0.6 is 0 Å². The molecule has 0 N–H and O–H groups in total. The Balaban J connectivity index is 1.48. The first kappa shape index (κ1) is 23.6. The van der Waals surface area contributed by atoms with E-state index in [-0.39, 0.29) is 5.78 Å². The van der Waals surface area contributed by atoms with E-state index in [1.807, 2.05) is 55.5 Å². The van der Waals surface area contributed by atoms with Crippen molar-refractivity contribution in [2.75, 3.05) is 12.0 Å². The predicted molar refractivity (Wildman–Crippen MR) is 156 cm³/mol. The molecule has 5 aromatic carbocycles. The maximum absolute atomic E-state index is 12.3. The number of nitrogens with zero attached hydrogens (tertiary/aromatic N) is 1. The monoisotopic (exact) mass is 497 g/mol. The topological polar surface area (TPSA) is 42.7 Å². The summed E-state index contributed by atoms with van der Waals surface area (Å²) in [7, 11) is 1.59. The first-order valence-electron chi connectivity index (χ1n) is 12.6. The molecule has 0 radical (unpaired) electrons. The lowest BCUT2D eigenvalue weighted by molar-refractivity contribution is -0.111. The van der Waals surface area contributed by atoms with Crippen LogP contribution in [0.4, 0.5) is 17.1 Å². The Labute approximate surface area is 221 Å². The van der Waals surface area contributed by atoms with Crippen molar-refractivity contribution in [2.45, 2.75) is 13.8 Å². The van der Waals surface area contributed by atoms with E-state index < -0.39 is 0 Å². The van der Waals surface area contributed by atoms with Crippen LogP contribution in [0.3, 0.4) is 0 Å². The van der Waals surface area contributed by atoms with E-state index in [1.54, 1.807) is 14.0 Å². The Morgan fingerprint density at radius 2 is 1.32 bits per heavy atom. The van der Waals surface area contributed by atoms with Gasteiger partial charge in [-0.15, -0.1) is 0 Å². The lowest BCUT2D eigenvalue weighted by atomic mass is 9.97. The van der Waals surface area contributed by atoms with Crippen LogP contribution in [0.1, 0.15) is 19.4 Å². The number of hydrogen-bond acceptors (Lipinski definition) is 4. The summed E-state index contributed by atoms with van der Waals surface area (Å²) in [4.78, 5) is 14.6.